The van der Waals surface area contributed by atoms with E-state index in [4.69, 9.17) is 11.6 Å². The van der Waals surface area contributed by atoms with Crippen molar-refractivity contribution in [1.82, 2.24) is 9.97 Å². The number of benzene rings is 1. The molecule has 0 unspecified atom stereocenters. The van der Waals surface area contributed by atoms with Crippen LogP contribution < -0.4 is 10.6 Å². The number of aromatic nitrogens is 2. The summed E-state index contributed by atoms with van der Waals surface area (Å²) in [5.74, 6) is 0.0121. The van der Waals surface area contributed by atoms with Crippen LogP contribution in [-0.4, -0.2) is 15.9 Å². The summed E-state index contributed by atoms with van der Waals surface area (Å²) in [7, 11) is 0. The van der Waals surface area contributed by atoms with Gasteiger partial charge in [-0.1, -0.05) is 32.4 Å². The Labute approximate surface area is 139 Å². The fourth-order valence-electron chi connectivity index (χ4n) is 1.70. The molecular formula is C16H18ClFN4O. The first-order valence-corrected chi connectivity index (χ1v) is 7.42. The van der Waals surface area contributed by atoms with Gasteiger partial charge in [-0.15, -0.1) is 0 Å². The summed E-state index contributed by atoms with van der Waals surface area (Å²) in [6, 6.07) is 5.98. The number of amides is 1. The highest BCUT2D eigenvalue weighted by atomic mass is 35.5. The van der Waals surface area contributed by atoms with Crippen LogP contribution in [0.1, 0.15) is 26.5 Å². The molecule has 122 valence electrons. The quantitative estimate of drug-likeness (QED) is 0.876. The molecule has 0 radical (unpaired) electrons. The van der Waals surface area contributed by atoms with E-state index < -0.39 is 11.2 Å². The molecule has 7 heteroatoms. The SMILES string of the molecule is Cc1cc(Nc2ccc(F)c(Cl)c2)nc(NC(=O)C(C)(C)C)n1. The normalized spacial score (nSPS) is 11.2. The van der Waals surface area contributed by atoms with Crippen molar-refractivity contribution in [3.8, 4) is 0 Å². The molecule has 0 atom stereocenters. The summed E-state index contributed by atoms with van der Waals surface area (Å²) in [5.41, 5.74) is 0.716. The smallest absolute Gasteiger partial charge is 0.232 e. The number of hydrogen-bond donors (Lipinski definition) is 2. The Kier molecular flexibility index (Phi) is 4.85. The van der Waals surface area contributed by atoms with Crippen LogP contribution in [0.2, 0.25) is 5.02 Å². The van der Waals surface area contributed by atoms with Crippen molar-refractivity contribution in [3.63, 3.8) is 0 Å². The zero-order valence-electron chi connectivity index (χ0n) is 13.4. The van der Waals surface area contributed by atoms with Crippen LogP contribution >= 0.6 is 11.6 Å². The number of nitrogens with zero attached hydrogens (tertiary/aromatic N) is 2. The van der Waals surface area contributed by atoms with Gasteiger partial charge in [-0.2, -0.15) is 4.98 Å². The van der Waals surface area contributed by atoms with Gasteiger partial charge in [-0.05, 0) is 25.1 Å². The molecule has 0 saturated heterocycles. The van der Waals surface area contributed by atoms with E-state index in [0.29, 0.717) is 17.2 Å². The third-order valence-electron chi connectivity index (χ3n) is 2.95. The van der Waals surface area contributed by atoms with E-state index in [9.17, 15) is 9.18 Å². The predicted octanol–water partition coefficient (Wildman–Crippen LogP) is 4.31. The molecule has 0 spiro atoms. The number of anilines is 3. The number of nitrogens with one attached hydrogen (secondary N) is 2. The molecule has 0 saturated carbocycles. The van der Waals surface area contributed by atoms with E-state index in [0.717, 1.165) is 0 Å². The van der Waals surface area contributed by atoms with Crippen molar-refractivity contribution in [2.75, 3.05) is 10.6 Å². The number of carbonyl (C=O) groups excluding carboxylic acids is 1. The second-order valence-electron chi connectivity index (χ2n) is 6.18. The van der Waals surface area contributed by atoms with Gasteiger partial charge in [-0.3, -0.25) is 10.1 Å². The average molecular weight is 337 g/mol. The van der Waals surface area contributed by atoms with Crippen LogP contribution in [0.25, 0.3) is 0 Å². The Morgan fingerprint density at radius 3 is 2.52 bits per heavy atom. The van der Waals surface area contributed by atoms with Crippen molar-refractivity contribution in [3.05, 3.63) is 40.8 Å². The second-order valence-corrected chi connectivity index (χ2v) is 6.58. The lowest BCUT2D eigenvalue weighted by Gasteiger charge is -2.17. The van der Waals surface area contributed by atoms with Gasteiger partial charge in [0.15, 0.2) is 0 Å². The maximum atomic E-state index is 13.2. The third-order valence-corrected chi connectivity index (χ3v) is 3.24. The van der Waals surface area contributed by atoms with Crippen LogP contribution in [0, 0.1) is 18.2 Å². The van der Waals surface area contributed by atoms with Crippen LogP contribution in [-0.2, 0) is 4.79 Å². The van der Waals surface area contributed by atoms with E-state index in [1.165, 1.54) is 12.1 Å². The fraction of sp³-hybridized carbons (Fsp3) is 0.312. The van der Waals surface area contributed by atoms with Crippen LogP contribution in [0.5, 0.6) is 0 Å². The summed E-state index contributed by atoms with van der Waals surface area (Å²) >= 11 is 5.76. The molecule has 1 aromatic carbocycles. The van der Waals surface area contributed by atoms with Gasteiger partial charge in [0.05, 0.1) is 5.02 Å². The molecule has 2 rings (SSSR count). The largest absolute Gasteiger partial charge is 0.340 e. The lowest BCUT2D eigenvalue weighted by Crippen LogP contribution is -2.28. The van der Waals surface area contributed by atoms with Crippen molar-refractivity contribution in [2.45, 2.75) is 27.7 Å². The highest BCUT2D eigenvalue weighted by Gasteiger charge is 2.22. The van der Waals surface area contributed by atoms with Crippen molar-refractivity contribution >= 4 is 35.0 Å². The molecule has 1 heterocycles. The van der Waals surface area contributed by atoms with E-state index in [-0.39, 0.29) is 16.9 Å². The van der Waals surface area contributed by atoms with Crippen molar-refractivity contribution in [1.29, 1.82) is 0 Å². The predicted molar refractivity (Wildman–Crippen MR) is 89.5 cm³/mol. The summed E-state index contributed by atoms with van der Waals surface area (Å²) in [5, 5.41) is 5.71. The molecule has 0 bridgehead atoms. The van der Waals surface area contributed by atoms with Gasteiger partial charge >= 0.3 is 0 Å². The number of rotatable bonds is 3. The molecule has 0 aliphatic heterocycles. The molecule has 2 aromatic rings. The third kappa shape index (κ3) is 4.63. The Morgan fingerprint density at radius 2 is 1.91 bits per heavy atom. The molecule has 5 nitrogen and oxygen atoms in total. The highest BCUT2D eigenvalue weighted by molar-refractivity contribution is 6.31. The second kappa shape index (κ2) is 6.50. The monoisotopic (exact) mass is 336 g/mol. The summed E-state index contributed by atoms with van der Waals surface area (Å²) in [6.45, 7) is 7.20. The average Bonchev–Trinajstić information content (AvgIpc) is 2.41. The standard InChI is InChI=1S/C16H18ClFN4O/c1-9-7-13(20-10-5-6-12(18)11(17)8-10)21-15(19-9)22-14(23)16(2,3)4/h5-8H,1-4H3,(H2,19,20,21,22,23). The van der Waals surface area contributed by atoms with E-state index in [1.54, 1.807) is 39.8 Å². The number of aryl methyl sites for hydroxylation is 1. The number of carbonyl (C=O) groups is 1. The van der Waals surface area contributed by atoms with E-state index >= 15 is 0 Å². The minimum atomic E-state index is -0.550. The van der Waals surface area contributed by atoms with Crippen LogP contribution in [0.4, 0.5) is 21.8 Å². The maximum Gasteiger partial charge on any atom is 0.232 e. The van der Waals surface area contributed by atoms with Gasteiger partial charge in [0, 0.05) is 22.9 Å². The molecule has 2 N–H and O–H groups in total. The Hall–Kier alpha value is -2.21. The summed E-state index contributed by atoms with van der Waals surface area (Å²) in [6.07, 6.45) is 0. The Morgan fingerprint density at radius 1 is 1.22 bits per heavy atom. The summed E-state index contributed by atoms with van der Waals surface area (Å²) < 4.78 is 13.2. The lowest BCUT2D eigenvalue weighted by molar-refractivity contribution is -0.123. The number of hydrogen-bond acceptors (Lipinski definition) is 4. The zero-order chi connectivity index (χ0) is 17.2. The van der Waals surface area contributed by atoms with Gasteiger partial charge in [-0.25, -0.2) is 9.37 Å². The van der Waals surface area contributed by atoms with Crippen molar-refractivity contribution < 1.29 is 9.18 Å². The zero-order valence-corrected chi connectivity index (χ0v) is 14.1. The van der Waals surface area contributed by atoms with Crippen LogP contribution in [0.3, 0.4) is 0 Å². The van der Waals surface area contributed by atoms with Gasteiger partial charge < -0.3 is 5.32 Å². The maximum absolute atomic E-state index is 13.2. The summed E-state index contributed by atoms with van der Waals surface area (Å²) in [4.78, 5) is 20.5. The fourth-order valence-corrected chi connectivity index (χ4v) is 1.88. The lowest BCUT2D eigenvalue weighted by atomic mass is 9.96. The molecule has 0 aliphatic carbocycles. The Balaban J connectivity index is 2.23. The molecule has 1 aromatic heterocycles. The van der Waals surface area contributed by atoms with Gasteiger partial charge in [0.2, 0.25) is 11.9 Å². The van der Waals surface area contributed by atoms with E-state index in [1.807, 2.05) is 0 Å². The van der Waals surface area contributed by atoms with E-state index in [2.05, 4.69) is 20.6 Å². The molecule has 23 heavy (non-hydrogen) atoms. The first kappa shape index (κ1) is 17.1. The van der Waals surface area contributed by atoms with Gasteiger partial charge in [0.25, 0.3) is 0 Å². The molecular weight excluding hydrogens is 319 g/mol. The minimum Gasteiger partial charge on any atom is -0.340 e. The molecule has 0 aliphatic rings. The molecule has 1 amide bonds. The molecule has 0 fully saturated rings. The van der Waals surface area contributed by atoms with Crippen LogP contribution in [0.15, 0.2) is 24.3 Å². The topological polar surface area (TPSA) is 66.9 Å². The first-order chi connectivity index (χ1) is 10.6. The first-order valence-electron chi connectivity index (χ1n) is 7.04. The minimum absolute atomic E-state index is 0.0158. The highest BCUT2D eigenvalue weighted by Crippen LogP contribution is 2.23. The van der Waals surface area contributed by atoms with Gasteiger partial charge in [0.1, 0.15) is 11.6 Å². The number of halogens is 2. The Bertz CT molecular complexity index is 743. The van der Waals surface area contributed by atoms with Crippen molar-refractivity contribution in [2.24, 2.45) is 5.41 Å².